The lowest BCUT2D eigenvalue weighted by atomic mass is 10.2. The number of hydrogen-bond acceptors (Lipinski definition) is 5. The van der Waals surface area contributed by atoms with Crippen LogP contribution < -0.4 is 5.32 Å². The molecule has 0 aliphatic carbocycles. The maximum absolute atomic E-state index is 11.3. The van der Waals surface area contributed by atoms with Gasteiger partial charge < -0.3 is 10.4 Å². The van der Waals surface area contributed by atoms with Gasteiger partial charge in [-0.2, -0.15) is 17.0 Å². The third-order valence-corrected chi connectivity index (χ3v) is 3.09. The van der Waals surface area contributed by atoms with Gasteiger partial charge in [-0.1, -0.05) is 0 Å². The Morgan fingerprint density at radius 3 is 2.75 bits per heavy atom. The summed E-state index contributed by atoms with van der Waals surface area (Å²) in [6, 6.07) is 1.07. The van der Waals surface area contributed by atoms with Crippen molar-refractivity contribution >= 4 is 35.4 Å². The third-order valence-electron chi connectivity index (χ3n) is 1.64. The summed E-state index contributed by atoms with van der Waals surface area (Å²) in [6.45, 7) is 0. The molecule has 0 fully saturated rings. The van der Waals surface area contributed by atoms with E-state index in [2.05, 4.69) is 5.32 Å². The fourth-order valence-electron chi connectivity index (χ4n) is 0.918. The largest absolute Gasteiger partial charge is 0.480 e. The second kappa shape index (κ2) is 9.36. The third kappa shape index (κ3) is 7.43. The van der Waals surface area contributed by atoms with Gasteiger partial charge in [0, 0.05) is 0 Å². The Bertz CT molecular complexity index is 278. The van der Waals surface area contributed by atoms with Crippen LogP contribution in [0.5, 0.6) is 0 Å². The minimum atomic E-state index is -1.02. The first-order valence-electron chi connectivity index (χ1n) is 4.57. The maximum atomic E-state index is 11.3. The molecule has 0 rings (SSSR count). The molecule has 1 amide bonds. The van der Waals surface area contributed by atoms with Crippen LogP contribution in [0, 0.1) is 11.3 Å². The van der Waals surface area contributed by atoms with Crippen LogP contribution in [-0.4, -0.2) is 46.5 Å². The van der Waals surface area contributed by atoms with Gasteiger partial charge in [-0.15, -0.1) is 11.8 Å². The molecular formula is C9H14N2O3S2. The predicted molar refractivity (Wildman–Crippen MR) is 65.5 cm³/mol. The van der Waals surface area contributed by atoms with Crippen LogP contribution in [0.2, 0.25) is 0 Å². The molecule has 0 aromatic heterocycles. The van der Waals surface area contributed by atoms with Crippen molar-refractivity contribution in [2.75, 3.05) is 23.5 Å². The lowest BCUT2D eigenvalue weighted by molar-refractivity contribution is -0.141. The Labute approximate surface area is 103 Å². The zero-order valence-electron chi connectivity index (χ0n) is 8.93. The van der Waals surface area contributed by atoms with Crippen molar-refractivity contribution < 1.29 is 14.7 Å². The van der Waals surface area contributed by atoms with Gasteiger partial charge in [0.1, 0.15) is 6.04 Å². The lowest BCUT2D eigenvalue weighted by Gasteiger charge is -2.13. The van der Waals surface area contributed by atoms with Gasteiger partial charge in [-0.05, 0) is 18.4 Å². The number of carbonyl (C=O) groups excluding carboxylic acids is 1. The van der Waals surface area contributed by atoms with E-state index < -0.39 is 12.0 Å². The fourth-order valence-corrected chi connectivity index (χ4v) is 1.85. The molecule has 1 atom stereocenters. The molecule has 90 valence electrons. The zero-order valence-corrected chi connectivity index (χ0v) is 10.6. The van der Waals surface area contributed by atoms with Crippen molar-refractivity contribution in [3.63, 3.8) is 0 Å². The topological polar surface area (TPSA) is 90.2 Å². The molecular weight excluding hydrogens is 248 g/mol. The molecule has 0 bridgehead atoms. The van der Waals surface area contributed by atoms with Gasteiger partial charge in [0.25, 0.3) is 0 Å². The molecule has 2 N–H and O–H groups in total. The van der Waals surface area contributed by atoms with E-state index in [1.165, 1.54) is 23.5 Å². The van der Waals surface area contributed by atoms with Crippen molar-refractivity contribution in [3.05, 3.63) is 0 Å². The molecule has 0 heterocycles. The summed E-state index contributed by atoms with van der Waals surface area (Å²) in [7, 11) is 0. The summed E-state index contributed by atoms with van der Waals surface area (Å²) in [5, 5.41) is 19.5. The number of carboxylic acids is 1. The van der Waals surface area contributed by atoms with Gasteiger partial charge in [0.2, 0.25) is 5.91 Å². The smallest absolute Gasteiger partial charge is 0.326 e. The highest BCUT2D eigenvalue weighted by Crippen LogP contribution is 2.02. The van der Waals surface area contributed by atoms with Gasteiger partial charge in [0.15, 0.2) is 0 Å². The van der Waals surface area contributed by atoms with Crippen molar-refractivity contribution in [3.8, 4) is 6.07 Å². The summed E-state index contributed by atoms with van der Waals surface area (Å²) in [4.78, 5) is 22.1. The summed E-state index contributed by atoms with van der Waals surface area (Å²) in [5.41, 5.74) is 0. The predicted octanol–water partition coefficient (Wildman–Crippen LogP) is 0.566. The van der Waals surface area contributed by atoms with E-state index in [0.29, 0.717) is 12.2 Å². The number of hydrogen-bond donors (Lipinski definition) is 2. The number of rotatable bonds is 8. The second-order valence-electron chi connectivity index (χ2n) is 2.89. The SMILES string of the molecule is CSCC[C@@H](NC(=O)CSCC#N)C(=O)O. The van der Waals surface area contributed by atoms with Crippen LogP contribution >= 0.6 is 23.5 Å². The molecule has 0 radical (unpaired) electrons. The number of nitrogens with zero attached hydrogens (tertiary/aromatic N) is 1. The first-order chi connectivity index (χ1) is 7.61. The van der Waals surface area contributed by atoms with E-state index >= 15 is 0 Å². The molecule has 0 saturated carbocycles. The van der Waals surface area contributed by atoms with Crippen molar-refractivity contribution in [2.45, 2.75) is 12.5 Å². The van der Waals surface area contributed by atoms with Crippen LogP contribution in [-0.2, 0) is 9.59 Å². The number of amides is 1. The molecule has 0 aliphatic heterocycles. The molecule has 0 aliphatic rings. The van der Waals surface area contributed by atoms with Crippen LogP contribution in [0.4, 0.5) is 0 Å². The average Bonchev–Trinajstić information content (AvgIpc) is 2.24. The van der Waals surface area contributed by atoms with E-state index in [0.717, 1.165) is 0 Å². The van der Waals surface area contributed by atoms with Crippen molar-refractivity contribution in [1.82, 2.24) is 5.32 Å². The van der Waals surface area contributed by atoms with E-state index in [1.54, 1.807) is 0 Å². The molecule has 16 heavy (non-hydrogen) atoms. The standard InChI is InChI=1S/C9H14N2O3S2/c1-15-4-2-7(9(13)14)11-8(12)6-16-5-3-10/h7H,2,4-6H2,1H3,(H,11,12)(H,13,14)/t7-/m1/s1. The zero-order chi connectivity index (χ0) is 12.4. The molecule has 0 spiro atoms. The highest BCUT2D eigenvalue weighted by molar-refractivity contribution is 8.00. The monoisotopic (exact) mass is 262 g/mol. The highest BCUT2D eigenvalue weighted by Gasteiger charge is 2.18. The lowest BCUT2D eigenvalue weighted by Crippen LogP contribution is -2.42. The molecule has 5 nitrogen and oxygen atoms in total. The minimum Gasteiger partial charge on any atom is -0.480 e. The molecule has 0 aromatic carbocycles. The van der Waals surface area contributed by atoms with Crippen LogP contribution in [0.1, 0.15) is 6.42 Å². The number of aliphatic carboxylic acids is 1. The van der Waals surface area contributed by atoms with Crippen LogP contribution in [0.15, 0.2) is 0 Å². The molecule has 0 saturated heterocycles. The Kier molecular flexibility index (Phi) is 8.85. The number of nitriles is 1. The highest BCUT2D eigenvalue weighted by atomic mass is 32.2. The summed E-state index contributed by atoms with van der Waals surface area (Å²) >= 11 is 2.70. The van der Waals surface area contributed by atoms with Gasteiger partial charge >= 0.3 is 5.97 Å². The Morgan fingerprint density at radius 2 is 2.25 bits per heavy atom. The van der Waals surface area contributed by atoms with Crippen LogP contribution in [0.25, 0.3) is 0 Å². The Balaban J connectivity index is 3.94. The Morgan fingerprint density at radius 1 is 1.56 bits per heavy atom. The van der Waals surface area contributed by atoms with Gasteiger partial charge in [-0.3, -0.25) is 4.79 Å². The van der Waals surface area contributed by atoms with Crippen molar-refractivity contribution in [2.24, 2.45) is 0 Å². The molecule has 0 aromatic rings. The summed E-state index contributed by atoms with van der Waals surface area (Å²) in [6.07, 6.45) is 2.29. The minimum absolute atomic E-state index is 0.122. The number of nitrogens with one attached hydrogen (secondary N) is 1. The Hall–Kier alpha value is -0.870. The quantitative estimate of drug-likeness (QED) is 0.621. The van der Waals surface area contributed by atoms with Gasteiger partial charge in [0.05, 0.1) is 17.6 Å². The molecule has 7 heteroatoms. The maximum Gasteiger partial charge on any atom is 0.326 e. The summed E-state index contributed by atoms with van der Waals surface area (Å²) < 4.78 is 0. The van der Waals surface area contributed by atoms with Crippen molar-refractivity contribution in [1.29, 1.82) is 5.26 Å². The van der Waals surface area contributed by atoms with Crippen LogP contribution in [0.3, 0.4) is 0 Å². The second-order valence-corrected chi connectivity index (χ2v) is 4.86. The average molecular weight is 262 g/mol. The number of thioether (sulfide) groups is 2. The fraction of sp³-hybridized carbons (Fsp3) is 0.667. The number of carbonyl (C=O) groups is 2. The summed E-state index contributed by atoms with van der Waals surface area (Å²) in [5.74, 6) is -0.323. The number of carboxylic acid groups (broad SMARTS) is 1. The first kappa shape index (κ1) is 15.1. The van der Waals surface area contributed by atoms with E-state index in [-0.39, 0.29) is 17.4 Å². The van der Waals surface area contributed by atoms with E-state index in [1.807, 2.05) is 12.3 Å². The normalized spacial score (nSPS) is 11.5. The van der Waals surface area contributed by atoms with E-state index in [4.69, 9.17) is 10.4 Å². The van der Waals surface area contributed by atoms with E-state index in [9.17, 15) is 9.59 Å². The van der Waals surface area contributed by atoms with Gasteiger partial charge in [-0.25, -0.2) is 4.79 Å². The first-order valence-corrected chi connectivity index (χ1v) is 7.12. The molecule has 0 unspecified atom stereocenters.